The molecule has 0 heterocycles. The lowest BCUT2D eigenvalue weighted by Crippen LogP contribution is -2.21. The van der Waals surface area contributed by atoms with Crippen molar-refractivity contribution in [2.24, 2.45) is 0 Å². The predicted octanol–water partition coefficient (Wildman–Crippen LogP) is 4.52. The van der Waals surface area contributed by atoms with Crippen molar-refractivity contribution in [1.82, 2.24) is 5.32 Å². The second-order valence-corrected chi connectivity index (χ2v) is 6.11. The third kappa shape index (κ3) is 21.8. The lowest BCUT2D eigenvalue weighted by atomic mass is 10.1. The van der Waals surface area contributed by atoms with Crippen LogP contribution in [-0.4, -0.2) is 46.3 Å². The normalized spacial score (nSPS) is 11.2. The molecule has 0 aromatic carbocycles. The van der Waals surface area contributed by atoms with Crippen molar-refractivity contribution in [2.45, 2.75) is 78.1 Å². The van der Waals surface area contributed by atoms with E-state index in [-0.39, 0.29) is 0 Å². The van der Waals surface area contributed by atoms with Crippen molar-refractivity contribution in [3.8, 4) is 0 Å². The topological polar surface area (TPSA) is 39.7 Å². The van der Waals surface area contributed by atoms with Crippen LogP contribution in [0.3, 0.4) is 0 Å². The van der Waals surface area contributed by atoms with Gasteiger partial charge in [-0.2, -0.15) is 0 Å². The summed E-state index contributed by atoms with van der Waals surface area (Å²) in [6.07, 6.45) is 13.0. The van der Waals surface area contributed by atoms with E-state index in [4.69, 9.17) is 14.2 Å². The minimum absolute atomic E-state index is 0.629. The molecule has 0 radical (unpaired) electrons. The standard InChI is InChI=1S/C19H41NO3/c1-3-5-7-9-10-12-14-21-15-16-22-17-18-23-19-20-13-11-8-6-4-2/h20H,3-19H2,1-2H3. The maximum Gasteiger partial charge on any atom is 0.0966 e. The fourth-order valence-corrected chi connectivity index (χ4v) is 2.32. The molecule has 0 fully saturated rings. The molecule has 0 unspecified atom stereocenters. The first-order valence-electron chi connectivity index (χ1n) is 9.85. The first-order valence-corrected chi connectivity index (χ1v) is 9.85. The SMILES string of the molecule is CCCCCCCCOCCOCCOCNCCCCCC. The second-order valence-electron chi connectivity index (χ2n) is 6.11. The van der Waals surface area contributed by atoms with Crippen LogP contribution in [0.5, 0.6) is 0 Å². The molecule has 1 N–H and O–H groups in total. The van der Waals surface area contributed by atoms with Gasteiger partial charge in [0.05, 0.1) is 33.2 Å². The zero-order valence-electron chi connectivity index (χ0n) is 15.7. The average molecular weight is 332 g/mol. The van der Waals surface area contributed by atoms with E-state index in [1.165, 1.54) is 64.2 Å². The van der Waals surface area contributed by atoms with Gasteiger partial charge in [-0.15, -0.1) is 0 Å². The molecule has 0 aliphatic rings. The molecule has 0 saturated carbocycles. The summed E-state index contributed by atoms with van der Waals surface area (Å²) in [7, 11) is 0. The van der Waals surface area contributed by atoms with E-state index in [0.717, 1.165) is 13.2 Å². The summed E-state index contributed by atoms with van der Waals surface area (Å²) in [5.74, 6) is 0. The number of hydrogen-bond donors (Lipinski definition) is 1. The molecular formula is C19H41NO3. The van der Waals surface area contributed by atoms with E-state index >= 15 is 0 Å². The van der Waals surface area contributed by atoms with Gasteiger partial charge in [0, 0.05) is 6.61 Å². The molecule has 0 saturated heterocycles. The second kappa shape index (κ2) is 21.8. The Labute approximate surface area is 144 Å². The maximum absolute atomic E-state index is 5.55. The third-order valence-electron chi connectivity index (χ3n) is 3.80. The summed E-state index contributed by atoms with van der Waals surface area (Å²) in [5, 5.41) is 3.29. The molecule has 0 aromatic heterocycles. The summed E-state index contributed by atoms with van der Waals surface area (Å²) in [5.41, 5.74) is 0. The molecular weight excluding hydrogens is 290 g/mol. The Morgan fingerprint density at radius 2 is 1.04 bits per heavy atom. The third-order valence-corrected chi connectivity index (χ3v) is 3.80. The fraction of sp³-hybridized carbons (Fsp3) is 1.00. The summed E-state index contributed by atoms with van der Waals surface area (Å²) < 4.78 is 16.5. The molecule has 0 spiro atoms. The van der Waals surface area contributed by atoms with Gasteiger partial charge in [0.2, 0.25) is 0 Å². The number of nitrogens with one attached hydrogen (secondary N) is 1. The van der Waals surface area contributed by atoms with Crippen LogP contribution in [0.2, 0.25) is 0 Å². The lowest BCUT2D eigenvalue weighted by Gasteiger charge is -2.08. The van der Waals surface area contributed by atoms with Gasteiger partial charge in [0.25, 0.3) is 0 Å². The quantitative estimate of drug-likeness (QED) is 0.263. The molecule has 0 atom stereocenters. The monoisotopic (exact) mass is 331 g/mol. The summed E-state index contributed by atoms with van der Waals surface area (Å²) >= 11 is 0. The minimum atomic E-state index is 0.629. The molecule has 0 aromatic rings. The molecule has 0 aliphatic heterocycles. The van der Waals surface area contributed by atoms with Gasteiger partial charge in [0.1, 0.15) is 0 Å². The summed E-state index contributed by atoms with van der Waals surface area (Å²) in [6.45, 7) is 9.70. The smallest absolute Gasteiger partial charge is 0.0966 e. The van der Waals surface area contributed by atoms with Crippen molar-refractivity contribution in [2.75, 3.05) is 46.3 Å². The highest BCUT2D eigenvalue weighted by Gasteiger charge is 1.93. The Morgan fingerprint density at radius 3 is 1.74 bits per heavy atom. The van der Waals surface area contributed by atoms with Crippen LogP contribution in [-0.2, 0) is 14.2 Å². The van der Waals surface area contributed by atoms with Crippen molar-refractivity contribution in [3.63, 3.8) is 0 Å². The van der Waals surface area contributed by atoms with Gasteiger partial charge in [-0.25, -0.2) is 0 Å². The first-order chi connectivity index (χ1) is 11.4. The first kappa shape index (κ1) is 22.8. The summed E-state index contributed by atoms with van der Waals surface area (Å²) in [4.78, 5) is 0. The summed E-state index contributed by atoms with van der Waals surface area (Å²) in [6, 6.07) is 0. The van der Waals surface area contributed by atoms with Crippen LogP contribution in [0.15, 0.2) is 0 Å². The molecule has 23 heavy (non-hydrogen) atoms. The minimum Gasteiger partial charge on any atom is -0.379 e. The Hall–Kier alpha value is -0.160. The molecule has 140 valence electrons. The maximum atomic E-state index is 5.55. The van der Waals surface area contributed by atoms with Crippen LogP contribution in [0, 0.1) is 0 Å². The van der Waals surface area contributed by atoms with Crippen molar-refractivity contribution in [3.05, 3.63) is 0 Å². The highest BCUT2D eigenvalue weighted by Crippen LogP contribution is 2.04. The van der Waals surface area contributed by atoms with Gasteiger partial charge in [0.15, 0.2) is 0 Å². The van der Waals surface area contributed by atoms with Gasteiger partial charge in [-0.05, 0) is 19.4 Å². The largest absolute Gasteiger partial charge is 0.379 e. The highest BCUT2D eigenvalue weighted by molar-refractivity contribution is 4.45. The van der Waals surface area contributed by atoms with Crippen LogP contribution < -0.4 is 5.32 Å². The number of ether oxygens (including phenoxy) is 3. The van der Waals surface area contributed by atoms with Gasteiger partial charge in [-0.1, -0.05) is 65.2 Å². The van der Waals surface area contributed by atoms with Gasteiger partial charge in [-0.3, -0.25) is 5.32 Å². The Bertz CT molecular complexity index is 183. The van der Waals surface area contributed by atoms with E-state index in [2.05, 4.69) is 19.2 Å². The zero-order chi connectivity index (χ0) is 16.8. The van der Waals surface area contributed by atoms with Gasteiger partial charge < -0.3 is 14.2 Å². The Morgan fingerprint density at radius 1 is 0.522 bits per heavy atom. The predicted molar refractivity (Wildman–Crippen MR) is 98.0 cm³/mol. The van der Waals surface area contributed by atoms with E-state index in [9.17, 15) is 0 Å². The number of unbranched alkanes of at least 4 members (excludes halogenated alkanes) is 8. The molecule has 4 nitrogen and oxygen atoms in total. The Balaban J connectivity index is 2.92. The lowest BCUT2D eigenvalue weighted by molar-refractivity contribution is 0.0104. The fourth-order valence-electron chi connectivity index (χ4n) is 2.32. The van der Waals surface area contributed by atoms with E-state index in [1.54, 1.807) is 0 Å². The van der Waals surface area contributed by atoms with E-state index in [1.807, 2.05) is 0 Å². The van der Waals surface area contributed by atoms with Gasteiger partial charge >= 0.3 is 0 Å². The van der Waals surface area contributed by atoms with Crippen molar-refractivity contribution in [1.29, 1.82) is 0 Å². The molecule has 0 amide bonds. The molecule has 0 aliphatic carbocycles. The van der Waals surface area contributed by atoms with Crippen LogP contribution in [0.4, 0.5) is 0 Å². The highest BCUT2D eigenvalue weighted by atomic mass is 16.5. The number of hydrogen-bond acceptors (Lipinski definition) is 4. The van der Waals surface area contributed by atoms with E-state index < -0.39 is 0 Å². The molecule has 0 rings (SSSR count). The van der Waals surface area contributed by atoms with Crippen molar-refractivity contribution >= 4 is 0 Å². The molecule has 0 bridgehead atoms. The van der Waals surface area contributed by atoms with Crippen LogP contribution in [0.25, 0.3) is 0 Å². The average Bonchev–Trinajstić information content (AvgIpc) is 2.57. The number of rotatable bonds is 20. The van der Waals surface area contributed by atoms with Crippen LogP contribution >= 0.6 is 0 Å². The van der Waals surface area contributed by atoms with Crippen molar-refractivity contribution < 1.29 is 14.2 Å². The van der Waals surface area contributed by atoms with E-state index in [0.29, 0.717) is 33.2 Å². The molecule has 4 heteroatoms. The zero-order valence-corrected chi connectivity index (χ0v) is 15.7. The Kier molecular flexibility index (Phi) is 21.7. The van der Waals surface area contributed by atoms with Crippen LogP contribution in [0.1, 0.15) is 78.1 Å².